The molecular weight excluding hydrogens is 288 g/mol. The summed E-state index contributed by atoms with van der Waals surface area (Å²) in [4.78, 5) is 20.5. The molecule has 0 spiro atoms. The van der Waals surface area contributed by atoms with Crippen molar-refractivity contribution in [1.29, 1.82) is 0 Å². The van der Waals surface area contributed by atoms with E-state index in [1.165, 1.54) is 4.88 Å². The van der Waals surface area contributed by atoms with Crippen molar-refractivity contribution >= 4 is 17.4 Å². The SMILES string of the molecule is C=CCONC1CN(C(=O)OC(C)(C)C)Cc2ccsc21. The Hall–Kier alpha value is -1.37. The highest BCUT2D eigenvalue weighted by atomic mass is 32.1. The quantitative estimate of drug-likeness (QED) is 0.527. The van der Waals surface area contributed by atoms with Gasteiger partial charge in [-0.1, -0.05) is 6.08 Å². The van der Waals surface area contributed by atoms with Gasteiger partial charge in [-0.25, -0.2) is 4.79 Å². The number of hydrogen-bond acceptors (Lipinski definition) is 5. The van der Waals surface area contributed by atoms with Crippen molar-refractivity contribution in [3.63, 3.8) is 0 Å². The minimum atomic E-state index is -0.492. The maximum absolute atomic E-state index is 12.2. The lowest BCUT2D eigenvalue weighted by molar-refractivity contribution is -0.000936. The van der Waals surface area contributed by atoms with Gasteiger partial charge >= 0.3 is 6.09 Å². The molecule has 0 aliphatic carbocycles. The molecule has 1 amide bonds. The van der Waals surface area contributed by atoms with E-state index in [9.17, 15) is 4.79 Å². The third kappa shape index (κ3) is 4.30. The summed E-state index contributed by atoms with van der Waals surface area (Å²) in [5.41, 5.74) is 3.65. The van der Waals surface area contributed by atoms with Crippen molar-refractivity contribution in [2.45, 2.75) is 39.0 Å². The maximum atomic E-state index is 12.2. The third-order valence-corrected chi connectivity index (χ3v) is 4.01. The van der Waals surface area contributed by atoms with E-state index in [1.54, 1.807) is 22.3 Å². The first-order valence-electron chi connectivity index (χ1n) is 6.93. The van der Waals surface area contributed by atoms with Gasteiger partial charge in [0.25, 0.3) is 0 Å². The molecule has 0 saturated heterocycles. The molecule has 1 N–H and O–H groups in total. The minimum absolute atomic E-state index is 0.0405. The first kappa shape index (κ1) is 16.0. The zero-order chi connectivity index (χ0) is 15.5. The second-order valence-corrected chi connectivity index (χ2v) is 6.89. The molecule has 0 bridgehead atoms. The number of carbonyl (C=O) groups is 1. The molecule has 1 aliphatic heterocycles. The second-order valence-electron chi connectivity index (χ2n) is 5.94. The normalized spacial score (nSPS) is 18.2. The molecule has 1 atom stereocenters. The summed E-state index contributed by atoms with van der Waals surface area (Å²) in [5, 5.41) is 2.03. The molecule has 5 nitrogen and oxygen atoms in total. The molecule has 0 aromatic carbocycles. The van der Waals surface area contributed by atoms with E-state index in [-0.39, 0.29) is 12.1 Å². The van der Waals surface area contributed by atoms with Crippen molar-refractivity contribution in [1.82, 2.24) is 10.4 Å². The summed E-state index contributed by atoms with van der Waals surface area (Å²) in [6, 6.07) is 2.00. The van der Waals surface area contributed by atoms with E-state index in [1.807, 2.05) is 32.2 Å². The third-order valence-electron chi connectivity index (χ3n) is 2.94. The number of fused-ring (bicyclic) bond motifs is 1. The topological polar surface area (TPSA) is 50.8 Å². The highest BCUT2D eigenvalue weighted by Gasteiger charge is 2.31. The standard InChI is InChI=1S/C15H22N2O3S/c1-5-7-19-16-12-10-17(14(18)20-15(2,3)4)9-11-6-8-21-13(11)12/h5-6,8,12,16H,1,7,9-10H2,2-4H3. The molecule has 1 aromatic heterocycles. The van der Waals surface area contributed by atoms with E-state index in [0.717, 1.165) is 5.56 Å². The average molecular weight is 310 g/mol. The van der Waals surface area contributed by atoms with Crippen LogP contribution in [0.15, 0.2) is 24.1 Å². The number of carbonyl (C=O) groups excluding carboxylic acids is 1. The van der Waals surface area contributed by atoms with Gasteiger partial charge in [0.05, 0.1) is 19.2 Å². The zero-order valence-corrected chi connectivity index (χ0v) is 13.5. The van der Waals surface area contributed by atoms with Crippen LogP contribution in [0.5, 0.6) is 0 Å². The minimum Gasteiger partial charge on any atom is -0.444 e. The number of thiophene rings is 1. The Labute approximate surface area is 129 Å². The lowest BCUT2D eigenvalue weighted by Gasteiger charge is -2.34. The van der Waals surface area contributed by atoms with Gasteiger partial charge in [-0.3, -0.25) is 4.84 Å². The lowest BCUT2D eigenvalue weighted by Crippen LogP contribution is -2.44. The summed E-state index contributed by atoms with van der Waals surface area (Å²) in [7, 11) is 0. The van der Waals surface area contributed by atoms with Gasteiger partial charge in [0, 0.05) is 11.4 Å². The van der Waals surface area contributed by atoms with Gasteiger partial charge in [0.2, 0.25) is 0 Å². The zero-order valence-electron chi connectivity index (χ0n) is 12.7. The Morgan fingerprint density at radius 2 is 2.38 bits per heavy atom. The molecule has 1 aliphatic rings. The fourth-order valence-corrected chi connectivity index (χ4v) is 3.07. The second kappa shape index (κ2) is 6.60. The number of rotatable bonds is 4. The Morgan fingerprint density at radius 3 is 3.05 bits per heavy atom. The van der Waals surface area contributed by atoms with Crippen molar-refractivity contribution in [3.05, 3.63) is 34.5 Å². The van der Waals surface area contributed by atoms with Crippen LogP contribution in [0.3, 0.4) is 0 Å². The summed E-state index contributed by atoms with van der Waals surface area (Å²) >= 11 is 1.67. The fraction of sp³-hybridized carbons (Fsp3) is 0.533. The molecule has 0 fully saturated rings. The van der Waals surface area contributed by atoms with Gasteiger partial charge in [0.1, 0.15) is 5.60 Å². The predicted octanol–water partition coefficient (Wildman–Crippen LogP) is 3.25. The van der Waals surface area contributed by atoms with Crippen LogP contribution in [-0.2, 0) is 16.1 Å². The molecule has 0 radical (unpaired) electrons. The largest absolute Gasteiger partial charge is 0.444 e. The molecule has 2 rings (SSSR count). The average Bonchev–Trinajstić information content (AvgIpc) is 2.85. The Morgan fingerprint density at radius 1 is 1.62 bits per heavy atom. The van der Waals surface area contributed by atoms with Crippen molar-refractivity contribution in [3.8, 4) is 0 Å². The summed E-state index contributed by atoms with van der Waals surface area (Å²) in [6.07, 6.45) is 1.38. The van der Waals surface area contributed by atoms with Gasteiger partial charge in [0.15, 0.2) is 0 Å². The monoisotopic (exact) mass is 310 g/mol. The van der Waals surface area contributed by atoms with Crippen LogP contribution in [0.4, 0.5) is 4.79 Å². The number of nitrogens with one attached hydrogen (secondary N) is 1. The van der Waals surface area contributed by atoms with Crippen molar-refractivity contribution in [2.75, 3.05) is 13.2 Å². The van der Waals surface area contributed by atoms with Crippen LogP contribution >= 0.6 is 11.3 Å². The van der Waals surface area contributed by atoms with Gasteiger partial charge < -0.3 is 9.64 Å². The van der Waals surface area contributed by atoms with E-state index in [0.29, 0.717) is 19.7 Å². The number of amides is 1. The van der Waals surface area contributed by atoms with Crippen LogP contribution in [0.25, 0.3) is 0 Å². The number of nitrogens with zero attached hydrogens (tertiary/aromatic N) is 1. The van der Waals surface area contributed by atoms with Gasteiger partial charge in [-0.15, -0.1) is 17.9 Å². The van der Waals surface area contributed by atoms with Crippen molar-refractivity contribution < 1.29 is 14.4 Å². The van der Waals surface area contributed by atoms with E-state index < -0.39 is 5.60 Å². The van der Waals surface area contributed by atoms with E-state index >= 15 is 0 Å². The molecule has 2 heterocycles. The van der Waals surface area contributed by atoms with Crippen LogP contribution in [-0.4, -0.2) is 29.7 Å². The molecule has 1 aromatic rings. The first-order chi connectivity index (χ1) is 9.90. The molecule has 1 unspecified atom stereocenters. The van der Waals surface area contributed by atoms with Crippen LogP contribution in [0, 0.1) is 0 Å². The van der Waals surface area contributed by atoms with E-state index in [4.69, 9.17) is 9.57 Å². The number of hydroxylamine groups is 1. The smallest absolute Gasteiger partial charge is 0.410 e. The van der Waals surface area contributed by atoms with Crippen LogP contribution in [0.2, 0.25) is 0 Å². The summed E-state index contributed by atoms with van der Waals surface area (Å²) in [6.45, 7) is 10.7. The molecular formula is C15H22N2O3S. The highest BCUT2D eigenvalue weighted by Crippen LogP contribution is 2.31. The van der Waals surface area contributed by atoms with Crippen LogP contribution < -0.4 is 5.48 Å². The van der Waals surface area contributed by atoms with Gasteiger partial charge in [-0.2, -0.15) is 5.48 Å². The van der Waals surface area contributed by atoms with Crippen LogP contribution in [0.1, 0.15) is 37.3 Å². The first-order valence-corrected chi connectivity index (χ1v) is 7.81. The van der Waals surface area contributed by atoms with E-state index in [2.05, 4.69) is 12.1 Å². The van der Waals surface area contributed by atoms with Crippen molar-refractivity contribution in [2.24, 2.45) is 0 Å². The fourth-order valence-electron chi connectivity index (χ4n) is 2.12. The molecule has 6 heteroatoms. The predicted molar refractivity (Wildman–Crippen MR) is 83.0 cm³/mol. The maximum Gasteiger partial charge on any atom is 0.410 e. The number of hydrogen-bond donors (Lipinski definition) is 1. The summed E-state index contributed by atoms with van der Waals surface area (Å²) in [5.74, 6) is 0. The summed E-state index contributed by atoms with van der Waals surface area (Å²) < 4.78 is 5.45. The Kier molecular flexibility index (Phi) is 5.03. The molecule has 0 saturated carbocycles. The van der Waals surface area contributed by atoms with Gasteiger partial charge in [-0.05, 0) is 37.8 Å². The highest BCUT2D eigenvalue weighted by molar-refractivity contribution is 7.10. The Balaban J connectivity index is 2.06. The molecule has 116 valence electrons. The molecule has 21 heavy (non-hydrogen) atoms. The Bertz CT molecular complexity index is 507. The lowest BCUT2D eigenvalue weighted by atomic mass is 10.1. The number of ether oxygens (including phenoxy) is 1.